The van der Waals surface area contributed by atoms with Crippen molar-refractivity contribution in [3.8, 4) is 11.5 Å². The first-order valence-corrected chi connectivity index (χ1v) is 14.7. The molecule has 4 nitrogen and oxygen atoms in total. The smallest absolute Gasteiger partial charge is 0.417 e. The summed E-state index contributed by atoms with van der Waals surface area (Å²) in [4.78, 5) is 0. The maximum Gasteiger partial charge on any atom is 0.557 e. The quantitative estimate of drug-likeness (QED) is 0.299. The van der Waals surface area contributed by atoms with E-state index in [1.807, 2.05) is 0 Å². The highest BCUT2D eigenvalue weighted by atomic mass is 31.2. The number of phosphoric acid groups is 1. The van der Waals surface area contributed by atoms with E-state index in [2.05, 4.69) is 110 Å². The second kappa shape index (κ2) is 10.3. The van der Waals surface area contributed by atoms with Gasteiger partial charge in [-0.1, -0.05) is 93.5 Å². The number of rotatable bonds is 5. The van der Waals surface area contributed by atoms with Crippen LogP contribution in [-0.4, -0.2) is 16.6 Å². The lowest BCUT2D eigenvalue weighted by Gasteiger charge is -2.33. The predicted molar refractivity (Wildman–Crippen MR) is 146 cm³/mol. The SMILES string of the molecule is CC(C)Cc1cc2c(c(C(C)(C)C)c1)OP(=O)([O][Al])Oc1c(cc(CC(C)C)cc1C(C)(C)C)C2. The number of hydrogen-bond donors (Lipinski definition) is 0. The van der Waals surface area contributed by atoms with Crippen molar-refractivity contribution < 1.29 is 17.2 Å². The van der Waals surface area contributed by atoms with Gasteiger partial charge in [0.25, 0.3) is 0 Å². The van der Waals surface area contributed by atoms with Crippen LogP contribution in [0.2, 0.25) is 0 Å². The van der Waals surface area contributed by atoms with Crippen molar-refractivity contribution >= 4 is 24.4 Å². The molecular formula is C29H42AlO4P. The predicted octanol–water partition coefficient (Wildman–Crippen LogP) is 8.25. The molecule has 0 N–H and O–H groups in total. The summed E-state index contributed by atoms with van der Waals surface area (Å²) in [5.41, 5.74) is 6.23. The Morgan fingerprint density at radius 3 is 1.46 bits per heavy atom. The Hall–Kier alpha value is -1.24. The van der Waals surface area contributed by atoms with Crippen LogP contribution in [0.3, 0.4) is 0 Å². The van der Waals surface area contributed by atoms with Crippen molar-refractivity contribution in [2.45, 2.75) is 99.3 Å². The van der Waals surface area contributed by atoms with Crippen molar-refractivity contribution in [2.24, 2.45) is 11.8 Å². The lowest BCUT2D eigenvalue weighted by molar-refractivity contribution is 0.297. The summed E-state index contributed by atoms with van der Waals surface area (Å²) in [7, 11) is -3.95. The summed E-state index contributed by atoms with van der Waals surface area (Å²) in [6, 6.07) is 8.84. The van der Waals surface area contributed by atoms with E-state index in [0.717, 1.165) is 35.1 Å². The van der Waals surface area contributed by atoms with Crippen LogP contribution in [0.4, 0.5) is 0 Å². The van der Waals surface area contributed by atoms with E-state index in [1.54, 1.807) is 0 Å². The zero-order valence-electron chi connectivity index (χ0n) is 23.2. The van der Waals surface area contributed by atoms with E-state index in [9.17, 15) is 4.57 Å². The summed E-state index contributed by atoms with van der Waals surface area (Å²) < 4.78 is 31.7. The van der Waals surface area contributed by atoms with Crippen molar-refractivity contribution in [1.29, 1.82) is 0 Å². The molecule has 2 aromatic rings. The molecule has 0 aromatic heterocycles. The van der Waals surface area contributed by atoms with Crippen LogP contribution in [0.5, 0.6) is 11.5 Å². The van der Waals surface area contributed by atoms with Crippen molar-refractivity contribution in [1.82, 2.24) is 0 Å². The monoisotopic (exact) mass is 512 g/mol. The van der Waals surface area contributed by atoms with Gasteiger partial charge >= 0.3 is 24.4 Å². The van der Waals surface area contributed by atoms with Crippen molar-refractivity contribution in [2.75, 3.05) is 0 Å². The van der Waals surface area contributed by atoms with Crippen LogP contribution in [0.15, 0.2) is 24.3 Å². The number of benzene rings is 2. The second-order valence-electron chi connectivity index (χ2n) is 12.9. The Morgan fingerprint density at radius 1 is 0.800 bits per heavy atom. The third kappa shape index (κ3) is 6.75. The highest BCUT2D eigenvalue weighted by Gasteiger charge is 2.37. The lowest BCUT2D eigenvalue weighted by Crippen LogP contribution is -2.20. The van der Waals surface area contributed by atoms with Crippen LogP contribution < -0.4 is 9.05 Å². The van der Waals surface area contributed by atoms with E-state index in [-0.39, 0.29) is 10.8 Å². The first-order valence-electron chi connectivity index (χ1n) is 12.7. The number of fused-ring (bicyclic) bond motifs is 2. The number of hydrogen-bond acceptors (Lipinski definition) is 4. The first kappa shape index (κ1) is 28.3. The molecule has 0 fully saturated rings. The third-order valence-corrected chi connectivity index (χ3v) is 8.12. The molecule has 3 rings (SSSR count). The standard InChI is InChI=1S/C29H43O4P.Al/c1-18(2)11-20-13-22-17-23-14-21(12-19(3)4)16-25(29(8,9)10)27(23)33-34(30,31)32-26(22)24(15-20)28(5,6)7;/h13-16,18-19H,11-12,17H2,1-10H3,(H,30,31);/q;+1/p-1. The van der Waals surface area contributed by atoms with Crippen LogP contribution >= 0.6 is 7.82 Å². The van der Waals surface area contributed by atoms with Crippen LogP contribution in [0.1, 0.15) is 103 Å². The summed E-state index contributed by atoms with van der Waals surface area (Å²) in [6.07, 6.45) is 2.59. The van der Waals surface area contributed by atoms with Gasteiger partial charge in [0, 0.05) is 17.5 Å². The van der Waals surface area contributed by atoms with E-state index in [1.165, 1.54) is 11.1 Å². The Labute approximate surface area is 221 Å². The van der Waals surface area contributed by atoms with E-state index < -0.39 is 7.82 Å². The molecule has 6 heteroatoms. The fraction of sp³-hybridized carbons (Fsp3) is 0.586. The van der Waals surface area contributed by atoms with E-state index in [4.69, 9.17) is 12.6 Å². The average Bonchev–Trinajstić information content (AvgIpc) is 2.67. The molecule has 190 valence electrons. The molecule has 1 aliphatic heterocycles. The van der Waals surface area contributed by atoms with Crippen LogP contribution in [0.25, 0.3) is 0 Å². The molecule has 0 atom stereocenters. The molecular weight excluding hydrogens is 470 g/mol. The molecule has 0 unspecified atom stereocenters. The first-order chi connectivity index (χ1) is 16.0. The molecule has 0 spiro atoms. The molecule has 0 bridgehead atoms. The molecule has 0 amide bonds. The van der Waals surface area contributed by atoms with E-state index >= 15 is 0 Å². The Morgan fingerprint density at radius 2 is 1.17 bits per heavy atom. The van der Waals surface area contributed by atoms with Crippen molar-refractivity contribution in [3.63, 3.8) is 0 Å². The Bertz CT molecular complexity index is 1040. The average molecular weight is 513 g/mol. The third-order valence-electron chi connectivity index (χ3n) is 6.27. The second-order valence-corrected chi connectivity index (χ2v) is 15.0. The fourth-order valence-electron chi connectivity index (χ4n) is 4.77. The van der Waals surface area contributed by atoms with Gasteiger partial charge in [0.15, 0.2) is 0 Å². The van der Waals surface area contributed by atoms with Crippen LogP contribution in [0, 0.1) is 11.8 Å². The molecule has 2 aromatic carbocycles. The van der Waals surface area contributed by atoms with Crippen LogP contribution in [-0.2, 0) is 38.2 Å². The molecule has 1 heterocycles. The zero-order chi connectivity index (χ0) is 26.3. The van der Waals surface area contributed by atoms with Gasteiger partial charge in [-0.3, -0.25) is 0 Å². The maximum absolute atomic E-state index is 13.9. The zero-order valence-corrected chi connectivity index (χ0v) is 25.3. The van der Waals surface area contributed by atoms with Gasteiger partial charge in [-0.25, -0.2) is 4.57 Å². The topological polar surface area (TPSA) is 44.8 Å². The summed E-state index contributed by atoms with van der Waals surface area (Å²) in [5.74, 6) is 2.29. The normalized spacial score (nSPS) is 15.7. The summed E-state index contributed by atoms with van der Waals surface area (Å²) in [6.45, 7) is 21.9. The summed E-state index contributed by atoms with van der Waals surface area (Å²) >= 11 is 2.09. The molecule has 2 radical (unpaired) electrons. The largest absolute Gasteiger partial charge is 0.557 e. The minimum Gasteiger partial charge on any atom is -0.417 e. The van der Waals surface area contributed by atoms with Gasteiger partial charge in [0.05, 0.1) is 0 Å². The van der Waals surface area contributed by atoms with E-state index in [0.29, 0.717) is 29.8 Å². The lowest BCUT2D eigenvalue weighted by atomic mass is 9.80. The summed E-state index contributed by atoms with van der Waals surface area (Å²) in [5, 5.41) is 0. The van der Waals surface area contributed by atoms with Gasteiger partial charge in [-0.2, -0.15) is 0 Å². The fourth-order valence-corrected chi connectivity index (χ4v) is 6.03. The molecule has 0 saturated carbocycles. The van der Waals surface area contributed by atoms with Crippen molar-refractivity contribution in [3.05, 3.63) is 57.6 Å². The van der Waals surface area contributed by atoms with Gasteiger partial charge in [-0.05, 0) is 57.8 Å². The highest BCUT2D eigenvalue weighted by Crippen LogP contribution is 2.56. The maximum atomic E-state index is 13.9. The Kier molecular flexibility index (Phi) is 8.31. The van der Waals surface area contributed by atoms with Gasteiger partial charge in [0.1, 0.15) is 11.5 Å². The molecule has 0 aliphatic carbocycles. The minimum atomic E-state index is -3.95. The van der Waals surface area contributed by atoms with Gasteiger partial charge < -0.3 is 12.6 Å². The molecule has 0 saturated heterocycles. The number of phosphoric ester groups is 1. The van der Waals surface area contributed by atoms with Gasteiger partial charge in [-0.15, -0.1) is 0 Å². The minimum absolute atomic E-state index is 0.207. The molecule has 1 aliphatic rings. The highest BCUT2D eigenvalue weighted by molar-refractivity contribution is 7.50. The Balaban J connectivity index is 2.36. The van der Waals surface area contributed by atoms with Gasteiger partial charge in [0.2, 0.25) is 0 Å². The molecule has 35 heavy (non-hydrogen) atoms.